The Morgan fingerprint density at radius 3 is 2.29 bits per heavy atom. The highest BCUT2D eigenvalue weighted by molar-refractivity contribution is 7.89. The molecule has 5 nitrogen and oxygen atoms in total. The molecule has 0 fully saturated rings. The quantitative estimate of drug-likeness (QED) is 0.777. The number of benzene rings is 1. The molecule has 24 heavy (non-hydrogen) atoms. The van der Waals surface area contributed by atoms with Crippen molar-refractivity contribution in [1.82, 2.24) is 9.29 Å². The summed E-state index contributed by atoms with van der Waals surface area (Å²) in [6, 6.07) is 11.1. The molecule has 1 N–H and O–H groups in total. The van der Waals surface area contributed by atoms with Gasteiger partial charge in [-0.15, -0.1) is 0 Å². The van der Waals surface area contributed by atoms with Gasteiger partial charge in [-0.2, -0.15) is 8.70 Å². The molecule has 0 amide bonds. The molecule has 0 aliphatic rings. The van der Waals surface area contributed by atoms with Crippen molar-refractivity contribution < 1.29 is 12.8 Å². The highest BCUT2D eigenvalue weighted by Crippen LogP contribution is 2.21. The topological polar surface area (TPSA) is 62.3 Å². The van der Waals surface area contributed by atoms with Gasteiger partial charge in [-0.1, -0.05) is 32.0 Å². The molecule has 2 aromatic rings. The molecule has 7 heteroatoms. The highest BCUT2D eigenvalue weighted by Gasteiger charge is 2.21. The van der Waals surface area contributed by atoms with Gasteiger partial charge in [-0.25, -0.2) is 13.4 Å². The molecule has 0 aliphatic carbocycles. The Balaban J connectivity index is 2.17. The van der Waals surface area contributed by atoms with Crippen LogP contribution in [0.25, 0.3) is 0 Å². The molecule has 1 aromatic heterocycles. The van der Waals surface area contributed by atoms with E-state index < -0.39 is 16.0 Å². The van der Waals surface area contributed by atoms with Gasteiger partial charge in [0, 0.05) is 19.1 Å². The predicted octanol–water partition coefficient (Wildman–Crippen LogP) is 3.42. The summed E-state index contributed by atoms with van der Waals surface area (Å²) < 4.78 is 39.5. The Hall–Kier alpha value is -1.99. The second-order valence-electron chi connectivity index (χ2n) is 5.37. The third-order valence-electron chi connectivity index (χ3n) is 3.80. The number of hydrogen-bond donors (Lipinski definition) is 1. The predicted molar refractivity (Wildman–Crippen MR) is 92.8 cm³/mol. The molecular formula is C17H22FN3O2S. The zero-order chi connectivity index (χ0) is 17.7. The minimum Gasteiger partial charge on any atom is -0.363 e. The summed E-state index contributed by atoms with van der Waals surface area (Å²) in [7, 11) is -3.46. The summed E-state index contributed by atoms with van der Waals surface area (Å²) in [6.07, 6.45) is 0. The standard InChI is InChI=1S/C17H22FN3O2S/c1-4-21(5-2)24(22,23)15-11-9-14(10-12-15)13(3)19-17-8-6-7-16(18)20-17/h6-13H,4-5H2,1-3H3,(H,19,20). The first-order chi connectivity index (χ1) is 11.4. The van der Waals surface area contributed by atoms with Gasteiger partial charge in [0.1, 0.15) is 5.82 Å². The molecule has 0 radical (unpaired) electrons. The van der Waals surface area contributed by atoms with E-state index in [2.05, 4.69) is 10.3 Å². The van der Waals surface area contributed by atoms with Crippen molar-refractivity contribution in [3.8, 4) is 0 Å². The fraction of sp³-hybridized carbons (Fsp3) is 0.353. The number of nitrogens with zero attached hydrogens (tertiary/aromatic N) is 2. The van der Waals surface area contributed by atoms with Crippen molar-refractivity contribution in [3.05, 3.63) is 54.0 Å². The lowest BCUT2D eigenvalue weighted by Crippen LogP contribution is -2.30. The Kier molecular flexibility index (Phi) is 5.90. The van der Waals surface area contributed by atoms with Crippen molar-refractivity contribution in [2.24, 2.45) is 0 Å². The van der Waals surface area contributed by atoms with Crippen LogP contribution in [0.1, 0.15) is 32.4 Å². The lowest BCUT2D eigenvalue weighted by atomic mass is 10.1. The van der Waals surface area contributed by atoms with Crippen molar-refractivity contribution >= 4 is 15.8 Å². The zero-order valence-corrected chi connectivity index (χ0v) is 14.8. The van der Waals surface area contributed by atoms with E-state index in [1.54, 1.807) is 36.4 Å². The average Bonchev–Trinajstić information content (AvgIpc) is 2.56. The molecule has 1 atom stereocenters. The van der Waals surface area contributed by atoms with Crippen LogP contribution in [0, 0.1) is 5.95 Å². The van der Waals surface area contributed by atoms with Crippen LogP contribution in [-0.2, 0) is 10.0 Å². The first-order valence-electron chi connectivity index (χ1n) is 7.87. The summed E-state index contributed by atoms with van der Waals surface area (Å²) in [4.78, 5) is 4.03. The number of anilines is 1. The van der Waals surface area contributed by atoms with E-state index in [-0.39, 0.29) is 10.9 Å². The zero-order valence-electron chi connectivity index (χ0n) is 14.0. The SMILES string of the molecule is CCN(CC)S(=O)(=O)c1ccc(C(C)Nc2cccc(F)n2)cc1. The Morgan fingerprint density at radius 2 is 1.75 bits per heavy atom. The molecular weight excluding hydrogens is 329 g/mol. The molecule has 130 valence electrons. The molecule has 1 heterocycles. The monoisotopic (exact) mass is 351 g/mol. The summed E-state index contributed by atoms with van der Waals surface area (Å²) in [6.45, 7) is 6.40. The number of rotatable bonds is 7. The maximum Gasteiger partial charge on any atom is 0.243 e. The number of halogens is 1. The van der Waals surface area contributed by atoms with Gasteiger partial charge in [0.2, 0.25) is 16.0 Å². The average molecular weight is 351 g/mol. The summed E-state index contributed by atoms with van der Waals surface area (Å²) in [5.41, 5.74) is 0.888. The summed E-state index contributed by atoms with van der Waals surface area (Å²) >= 11 is 0. The molecule has 1 aromatic carbocycles. The van der Waals surface area contributed by atoms with Crippen LogP contribution >= 0.6 is 0 Å². The maximum atomic E-state index is 13.1. The first kappa shape index (κ1) is 18.4. The van der Waals surface area contributed by atoms with E-state index in [9.17, 15) is 12.8 Å². The number of pyridine rings is 1. The van der Waals surface area contributed by atoms with Crippen LogP contribution in [0.15, 0.2) is 47.4 Å². The maximum absolute atomic E-state index is 13.1. The van der Waals surface area contributed by atoms with Crippen LogP contribution in [0.3, 0.4) is 0 Å². The second-order valence-corrected chi connectivity index (χ2v) is 7.31. The molecule has 0 bridgehead atoms. The summed E-state index contributed by atoms with van der Waals surface area (Å²) in [5, 5.41) is 3.09. The Bertz CT molecular complexity index is 775. The largest absolute Gasteiger partial charge is 0.363 e. The fourth-order valence-corrected chi connectivity index (χ4v) is 3.89. The van der Waals surface area contributed by atoms with Gasteiger partial charge in [0.05, 0.1) is 4.90 Å². The molecule has 0 aliphatic heterocycles. The fourth-order valence-electron chi connectivity index (χ4n) is 2.43. The van der Waals surface area contributed by atoms with Gasteiger partial charge in [-0.05, 0) is 36.8 Å². The third-order valence-corrected chi connectivity index (χ3v) is 5.87. The molecule has 0 spiro atoms. The van der Waals surface area contributed by atoms with E-state index in [4.69, 9.17) is 0 Å². The van der Waals surface area contributed by atoms with Crippen LogP contribution in [0.5, 0.6) is 0 Å². The summed E-state index contributed by atoms with van der Waals surface area (Å²) in [5.74, 6) is -0.116. The van der Waals surface area contributed by atoms with E-state index in [0.717, 1.165) is 5.56 Å². The van der Waals surface area contributed by atoms with Gasteiger partial charge >= 0.3 is 0 Å². The Labute approximate surface area is 142 Å². The van der Waals surface area contributed by atoms with Crippen LogP contribution in [0.2, 0.25) is 0 Å². The molecule has 2 rings (SSSR count). The van der Waals surface area contributed by atoms with Gasteiger partial charge in [0.25, 0.3) is 0 Å². The number of aromatic nitrogens is 1. The minimum atomic E-state index is -3.46. The first-order valence-corrected chi connectivity index (χ1v) is 9.31. The number of nitrogens with one attached hydrogen (secondary N) is 1. The van der Waals surface area contributed by atoms with Crippen LogP contribution in [-0.4, -0.2) is 30.8 Å². The lowest BCUT2D eigenvalue weighted by Gasteiger charge is -2.19. The van der Waals surface area contributed by atoms with Crippen LogP contribution in [0.4, 0.5) is 10.2 Å². The van der Waals surface area contributed by atoms with E-state index in [0.29, 0.717) is 18.9 Å². The number of sulfonamides is 1. The van der Waals surface area contributed by atoms with Gasteiger partial charge in [0.15, 0.2) is 0 Å². The van der Waals surface area contributed by atoms with Gasteiger partial charge < -0.3 is 5.32 Å². The van der Waals surface area contributed by atoms with E-state index >= 15 is 0 Å². The molecule has 0 saturated carbocycles. The van der Waals surface area contributed by atoms with Gasteiger partial charge in [-0.3, -0.25) is 0 Å². The smallest absolute Gasteiger partial charge is 0.243 e. The third kappa shape index (κ3) is 4.10. The minimum absolute atomic E-state index is 0.135. The number of hydrogen-bond acceptors (Lipinski definition) is 4. The lowest BCUT2D eigenvalue weighted by molar-refractivity contribution is 0.445. The van der Waals surface area contributed by atoms with Crippen molar-refractivity contribution in [1.29, 1.82) is 0 Å². The normalized spacial score (nSPS) is 13.0. The van der Waals surface area contributed by atoms with Crippen molar-refractivity contribution in [2.75, 3.05) is 18.4 Å². The van der Waals surface area contributed by atoms with E-state index in [1.165, 1.54) is 10.4 Å². The highest BCUT2D eigenvalue weighted by atomic mass is 32.2. The van der Waals surface area contributed by atoms with E-state index in [1.807, 2.05) is 20.8 Å². The van der Waals surface area contributed by atoms with Crippen molar-refractivity contribution in [3.63, 3.8) is 0 Å². The van der Waals surface area contributed by atoms with Crippen LogP contribution < -0.4 is 5.32 Å². The Morgan fingerprint density at radius 1 is 1.12 bits per heavy atom. The second kappa shape index (κ2) is 7.72. The molecule has 0 saturated heterocycles. The molecule has 1 unspecified atom stereocenters. The van der Waals surface area contributed by atoms with Crippen molar-refractivity contribution in [2.45, 2.75) is 31.7 Å².